The number of pyridine rings is 1. The fourth-order valence-corrected chi connectivity index (χ4v) is 2.21. The molecule has 1 aromatic heterocycles. The quantitative estimate of drug-likeness (QED) is 0.788. The summed E-state index contributed by atoms with van der Waals surface area (Å²) in [5.41, 5.74) is 2.44. The van der Waals surface area contributed by atoms with Gasteiger partial charge in [0.25, 0.3) is 0 Å². The second-order valence-electron chi connectivity index (χ2n) is 5.86. The zero-order valence-corrected chi connectivity index (χ0v) is 11.7. The van der Waals surface area contributed by atoms with Crippen molar-refractivity contribution in [2.24, 2.45) is 0 Å². The van der Waals surface area contributed by atoms with Gasteiger partial charge >= 0.3 is 0 Å². The third-order valence-electron chi connectivity index (χ3n) is 3.31. The Bertz CT molecular complexity index is 617. The number of aryl methyl sites for hydroxylation is 1. The van der Waals surface area contributed by atoms with Crippen LogP contribution in [0.4, 0.5) is 0 Å². The Morgan fingerprint density at radius 2 is 1.89 bits per heavy atom. The number of rotatable bonds is 2. The van der Waals surface area contributed by atoms with E-state index in [1.54, 1.807) is 6.07 Å². The summed E-state index contributed by atoms with van der Waals surface area (Å²) in [7, 11) is 0. The zero-order valence-electron chi connectivity index (χ0n) is 11.7. The summed E-state index contributed by atoms with van der Waals surface area (Å²) in [5.74, 6) is 0. The number of hydrogen-bond acceptors (Lipinski definition) is 1. The number of benzene rings is 1. The fourth-order valence-electron chi connectivity index (χ4n) is 2.21. The van der Waals surface area contributed by atoms with Gasteiger partial charge in [-0.2, -0.15) is 0 Å². The molecule has 0 N–H and O–H groups in total. The lowest BCUT2D eigenvalue weighted by atomic mass is 9.86. The normalized spacial score (nSPS) is 12.0. The van der Waals surface area contributed by atoms with Crippen molar-refractivity contribution in [3.05, 3.63) is 46.2 Å². The van der Waals surface area contributed by atoms with Gasteiger partial charge in [0.05, 0.1) is 5.52 Å². The molecule has 18 heavy (non-hydrogen) atoms. The monoisotopic (exact) mass is 243 g/mol. The molecule has 2 rings (SSSR count). The van der Waals surface area contributed by atoms with Crippen LogP contribution in [0.3, 0.4) is 0 Å². The molecular weight excluding hydrogens is 222 g/mol. The molecule has 0 spiro atoms. The Hall–Kier alpha value is -1.57. The topological polar surface area (TPSA) is 22.0 Å². The van der Waals surface area contributed by atoms with Gasteiger partial charge in [-0.15, -0.1) is 0 Å². The van der Waals surface area contributed by atoms with Gasteiger partial charge in [-0.3, -0.25) is 4.79 Å². The van der Waals surface area contributed by atoms with E-state index in [2.05, 4.69) is 44.4 Å². The number of fused-ring (bicyclic) bond motifs is 1. The summed E-state index contributed by atoms with van der Waals surface area (Å²) < 4.78 is 2.16. The van der Waals surface area contributed by atoms with Crippen LogP contribution < -0.4 is 5.43 Å². The Balaban J connectivity index is 2.70. The predicted molar refractivity (Wildman–Crippen MR) is 77.2 cm³/mol. The summed E-state index contributed by atoms with van der Waals surface area (Å²) in [6.07, 6.45) is 2.96. The molecule has 1 aromatic carbocycles. The van der Waals surface area contributed by atoms with E-state index in [0.29, 0.717) is 0 Å². The lowest BCUT2D eigenvalue weighted by Crippen LogP contribution is -2.13. The van der Waals surface area contributed by atoms with E-state index >= 15 is 0 Å². The minimum atomic E-state index is 0.0755. The van der Waals surface area contributed by atoms with E-state index in [1.165, 1.54) is 5.56 Å². The average Bonchev–Trinajstić information content (AvgIpc) is 2.31. The Morgan fingerprint density at radius 3 is 2.50 bits per heavy atom. The fraction of sp³-hybridized carbons (Fsp3) is 0.438. The maximum Gasteiger partial charge on any atom is 0.189 e. The van der Waals surface area contributed by atoms with Gasteiger partial charge in [0.1, 0.15) is 0 Å². The van der Waals surface area contributed by atoms with Crippen LogP contribution in [0.2, 0.25) is 0 Å². The highest BCUT2D eigenvalue weighted by Crippen LogP contribution is 2.24. The molecule has 0 fully saturated rings. The molecule has 0 saturated heterocycles. The first kappa shape index (κ1) is 12.9. The maximum atomic E-state index is 12.0. The molecule has 1 heterocycles. The first-order valence-electron chi connectivity index (χ1n) is 6.57. The molecule has 0 amide bonds. The molecule has 0 radical (unpaired) electrons. The summed E-state index contributed by atoms with van der Waals surface area (Å²) in [6.45, 7) is 9.60. The number of aromatic nitrogens is 1. The Morgan fingerprint density at radius 1 is 1.17 bits per heavy atom. The predicted octanol–water partition coefficient (Wildman–Crippen LogP) is 3.71. The number of hydrogen-bond donors (Lipinski definition) is 0. The number of nitrogens with zero attached hydrogens (tertiary/aromatic N) is 1. The van der Waals surface area contributed by atoms with Gasteiger partial charge in [0.15, 0.2) is 5.43 Å². The van der Waals surface area contributed by atoms with Crippen molar-refractivity contribution in [3.8, 4) is 0 Å². The van der Waals surface area contributed by atoms with E-state index in [1.807, 2.05) is 12.3 Å². The summed E-state index contributed by atoms with van der Waals surface area (Å²) >= 11 is 0. The van der Waals surface area contributed by atoms with Crippen molar-refractivity contribution < 1.29 is 0 Å². The van der Waals surface area contributed by atoms with Gasteiger partial charge in [-0.25, -0.2) is 0 Å². The smallest absolute Gasteiger partial charge is 0.189 e. The van der Waals surface area contributed by atoms with Crippen molar-refractivity contribution in [2.45, 2.75) is 46.1 Å². The molecule has 0 aliphatic heterocycles. The van der Waals surface area contributed by atoms with Gasteiger partial charge in [0, 0.05) is 24.2 Å². The molecule has 0 saturated carbocycles. The molecule has 2 aromatic rings. The lowest BCUT2D eigenvalue weighted by Gasteiger charge is -2.20. The Kier molecular flexibility index (Phi) is 3.29. The third kappa shape index (κ3) is 2.33. The van der Waals surface area contributed by atoms with Crippen LogP contribution in [-0.2, 0) is 12.0 Å². The maximum absolute atomic E-state index is 12.0. The largest absolute Gasteiger partial charge is 0.347 e. The first-order valence-corrected chi connectivity index (χ1v) is 6.57. The molecule has 0 bridgehead atoms. The minimum absolute atomic E-state index is 0.0755. The van der Waals surface area contributed by atoms with Crippen LogP contribution in [0.1, 0.15) is 39.7 Å². The van der Waals surface area contributed by atoms with Gasteiger partial charge < -0.3 is 4.57 Å². The SMILES string of the molecule is CCCn1ccc(=O)c2cc(C(C)(C)C)ccc21. The Labute approximate surface area is 108 Å². The summed E-state index contributed by atoms with van der Waals surface area (Å²) in [5, 5.41) is 0.832. The summed E-state index contributed by atoms with van der Waals surface area (Å²) in [6, 6.07) is 7.93. The standard InChI is InChI=1S/C16H21NO/c1-5-9-17-10-8-15(18)13-11-12(16(2,3)4)6-7-14(13)17/h6-8,10-11H,5,9H2,1-4H3. The highest BCUT2D eigenvalue weighted by molar-refractivity contribution is 5.79. The van der Waals surface area contributed by atoms with Crippen molar-refractivity contribution >= 4 is 10.9 Å². The molecule has 96 valence electrons. The van der Waals surface area contributed by atoms with E-state index in [-0.39, 0.29) is 10.8 Å². The van der Waals surface area contributed by atoms with E-state index in [4.69, 9.17) is 0 Å². The van der Waals surface area contributed by atoms with Gasteiger partial charge in [-0.05, 0) is 29.5 Å². The van der Waals surface area contributed by atoms with Crippen molar-refractivity contribution in [1.82, 2.24) is 4.57 Å². The van der Waals surface area contributed by atoms with Crippen LogP contribution in [-0.4, -0.2) is 4.57 Å². The van der Waals surface area contributed by atoms with E-state index < -0.39 is 0 Å². The molecule has 0 aliphatic carbocycles. The lowest BCUT2D eigenvalue weighted by molar-refractivity contribution is 0.591. The molecule has 2 nitrogen and oxygen atoms in total. The van der Waals surface area contributed by atoms with Gasteiger partial charge in [-0.1, -0.05) is 33.8 Å². The van der Waals surface area contributed by atoms with Crippen LogP contribution in [0.25, 0.3) is 10.9 Å². The van der Waals surface area contributed by atoms with Gasteiger partial charge in [0.2, 0.25) is 0 Å². The molecule has 0 atom stereocenters. The van der Waals surface area contributed by atoms with Crippen molar-refractivity contribution in [1.29, 1.82) is 0 Å². The second-order valence-corrected chi connectivity index (χ2v) is 5.86. The van der Waals surface area contributed by atoms with Crippen LogP contribution in [0.15, 0.2) is 35.3 Å². The first-order chi connectivity index (χ1) is 8.43. The highest BCUT2D eigenvalue weighted by Gasteiger charge is 2.14. The second kappa shape index (κ2) is 4.60. The van der Waals surface area contributed by atoms with Crippen molar-refractivity contribution in [2.75, 3.05) is 0 Å². The third-order valence-corrected chi connectivity index (χ3v) is 3.31. The minimum Gasteiger partial charge on any atom is -0.347 e. The molecular formula is C16H21NO. The summed E-state index contributed by atoms with van der Waals surface area (Å²) in [4.78, 5) is 12.0. The average molecular weight is 243 g/mol. The van der Waals surface area contributed by atoms with Crippen LogP contribution >= 0.6 is 0 Å². The molecule has 0 aliphatic rings. The zero-order chi connectivity index (χ0) is 13.3. The van der Waals surface area contributed by atoms with Crippen molar-refractivity contribution in [3.63, 3.8) is 0 Å². The highest BCUT2D eigenvalue weighted by atomic mass is 16.1. The van der Waals surface area contributed by atoms with Crippen LogP contribution in [0.5, 0.6) is 0 Å². The van der Waals surface area contributed by atoms with E-state index in [0.717, 1.165) is 23.9 Å². The van der Waals surface area contributed by atoms with E-state index in [9.17, 15) is 4.79 Å². The molecule has 2 heteroatoms. The molecule has 0 unspecified atom stereocenters. The van der Waals surface area contributed by atoms with Crippen LogP contribution in [0, 0.1) is 0 Å².